The molecule has 4 N–H and O–H groups in total. The average Bonchev–Trinajstić information content (AvgIpc) is 2.95. The van der Waals surface area contributed by atoms with Crippen LogP contribution in [0.25, 0.3) is 0 Å². The monoisotopic (exact) mass is 397 g/mol. The molecule has 2 aliphatic rings. The number of piperidine rings is 1. The van der Waals surface area contributed by atoms with E-state index >= 15 is 0 Å². The van der Waals surface area contributed by atoms with Crippen molar-refractivity contribution in [1.29, 1.82) is 0 Å². The van der Waals surface area contributed by atoms with E-state index in [1.165, 1.54) is 6.33 Å². The minimum Gasteiger partial charge on any atom is -0.383 e. The molecule has 29 heavy (non-hydrogen) atoms. The molecule has 0 saturated carbocycles. The van der Waals surface area contributed by atoms with Gasteiger partial charge in [-0.05, 0) is 58.7 Å². The van der Waals surface area contributed by atoms with E-state index < -0.39 is 5.66 Å². The summed E-state index contributed by atoms with van der Waals surface area (Å²) in [5, 5.41) is 6.23. The van der Waals surface area contributed by atoms with Gasteiger partial charge in [-0.25, -0.2) is 9.97 Å². The van der Waals surface area contributed by atoms with Gasteiger partial charge in [0.2, 0.25) is 0 Å². The van der Waals surface area contributed by atoms with Crippen LogP contribution in [0.3, 0.4) is 0 Å². The molecule has 1 amide bonds. The fourth-order valence-electron chi connectivity index (χ4n) is 4.36. The van der Waals surface area contributed by atoms with Gasteiger partial charge in [-0.1, -0.05) is 0 Å². The lowest BCUT2D eigenvalue weighted by molar-refractivity contribution is 0.0536. The summed E-state index contributed by atoms with van der Waals surface area (Å²) in [5.41, 5.74) is 7.11. The summed E-state index contributed by atoms with van der Waals surface area (Å²) in [4.78, 5) is 36.8. The molecule has 9 heteroatoms. The Kier molecular flexibility index (Phi) is 4.57. The van der Waals surface area contributed by atoms with Gasteiger partial charge in [0.25, 0.3) is 11.5 Å². The second-order valence-electron chi connectivity index (χ2n) is 8.24. The Morgan fingerprint density at radius 1 is 1.28 bits per heavy atom. The molecule has 0 aliphatic carbocycles. The highest BCUT2D eigenvalue weighted by atomic mass is 16.2. The van der Waals surface area contributed by atoms with E-state index in [1.54, 1.807) is 17.6 Å². The number of likely N-dealkylation sites (tertiary alicyclic amines) is 1. The predicted molar refractivity (Wildman–Crippen MR) is 111 cm³/mol. The Morgan fingerprint density at radius 2 is 2.03 bits per heavy atom. The molecule has 0 bridgehead atoms. The molecule has 0 radical (unpaired) electrons. The van der Waals surface area contributed by atoms with Gasteiger partial charge in [0, 0.05) is 18.2 Å². The summed E-state index contributed by atoms with van der Waals surface area (Å²) in [7, 11) is 0. The van der Waals surface area contributed by atoms with Crippen LogP contribution in [0.1, 0.15) is 48.3 Å². The number of hydrogen-bond donors (Lipinski definition) is 3. The molecular formula is C20H27N7O2. The van der Waals surface area contributed by atoms with Crippen molar-refractivity contribution in [3.8, 4) is 0 Å². The average molecular weight is 397 g/mol. The van der Waals surface area contributed by atoms with E-state index in [-0.39, 0.29) is 11.5 Å². The lowest BCUT2D eigenvalue weighted by Crippen LogP contribution is -2.59. The number of hydrogen-bond acceptors (Lipinski definition) is 7. The lowest BCUT2D eigenvalue weighted by atomic mass is 9.97. The van der Waals surface area contributed by atoms with Crippen molar-refractivity contribution in [2.45, 2.75) is 52.2 Å². The zero-order valence-corrected chi connectivity index (χ0v) is 17.2. The number of aryl methyl sites for hydroxylation is 1. The number of nitrogen functional groups attached to an aromatic ring is 1. The first kappa shape index (κ1) is 19.4. The number of nitrogens with zero attached hydrogens (tertiary/aromatic N) is 4. The first-order valence-corrected chi connectivity index (χ1v) is 9.91. The van der Waals surface area contributed by atoms with Crippen LogP contribution in [0.15, 0.2) is 17.2 Å². The fourth-order valence-corrected chi connectivity index (χ4v) is 4.36. The summed E-state index contributed by atoms with van der Waals surface area (Å²) in [6.45, 7) is 9.46. The number of aromatic nitrogens is 3. The van der Waals surface area contributed by atoms with Crippen molar-refractivity contribution in [3.05, 3.63) is 39.6 Å². The summed E-state index contributed by atoms with van der Waals surface area (Å²) >= 11 is 0. The van der Waals surface area contributed by atoms with Crippen molar-refractivity contribution in [3.63, 3.8) is 0 Å². The summed E-state index contributed by atoms with van der Waals surface area (Å²) in [6, 6.07) is 2.03. The van der Waals surface area contributed by atoms with E-state index in [1.807, 2.05) is 6.92 Å². The van der Waals surface area contributed by atoms with Crippen LogP contribution in [0.4, 0.5) is 17.3 Å². The smallest absolute Gasteiger partial charge is 0.276 e. The Bertz CT molecular complexity index is 1050. The van der Waals surface area contributed by atoms with E-state index in [0.29, 0.717) is 41.2 Å². The molecule has 1 fully saturated rings. The second kappa shape index (κ2) is 6.84. The largest absolute Gasteiger partial charge is 0.383 e. The van der Waals surface area contributed by atoms with Gasteiger partial charge in [0.05, 0.1) is 0 Å². The molecule has 1 spiro atoms. The highest BCUT2D eigenvalue weighted by Gasteiger charge is 2.47. The summed E-state index contributed by atoms with van der Waals surface area (Å²) < 4.78 is 1.65. The van der Waals surface area contributed by atoms with Gasteiger partial charge in [-0.3, -0.25) is 19.1 Å². The normalized spacial score (nSPS) is 21.5. The molecule has 4 heterocycles. The minimum absolute atomic E-state index is 0.195. The third kappa shape index (κ3) is 3.05. The van der Waals surface area contributed by atoms with Crippen LogP contribution in [-0.4, -0.2) is 44.5 Å². The third-order valence-corrected chi connectivity index (χ3v) is 5.99. The molecule has 2 aliphatic heterocycles. The topological polar surface area (TPSA) is 118 Å². The summed E-state index contributed by atoms with van der Waals surface area (Å²) in [6.07, 6.45) is 2.98. The number of nitrogens with two attached hydrogens (primary N) is 1. The molecule has 9 nitrogen and oxygen atoms in total. The number of pyridine rings is 1. The maximum Gasteiger partial charge on any atom is 0.276 e. The number of nitrogens with one attached hydrogen (secondary N) is 2. The van der Waals surface area contributed by atoms with Gasteiger partial charge >= 0.3 is 0 Å². The van der Waals surface area contributed by atoms with Crippen molar-refractivity contribution in [2.24, 2.45) is 0 Å². The van der Waals surface area contributed by atoms with Gasteiger partial charge < -0.3 is 16.4 Å². The summed E-state index contributed by atoms with van der Waals surface area (Å²) in [5.74, 6) is 0.640. The molecule has 2 aromatic heterocycles. The molecule has 1 saturated heterocycles. The Hall–Kier alpha value is -2.94. The Balaban J connectivity index is 1.83. The Morgan fingerprint density at radius 3 is 2.76 bits per heavy atom. The van der Waals surface area contributed by atoms with Gasteiger partial charge in [0.15, 0.2) is 0 Å². The van der Waals surface area contributed by atoms with Gasteiger partial charge in [0.1, 0.15) is 35.0 Å². The molecule has 154 valence electrons. The Labute approximate surface area is 169 Å². The van der Waals surface area contributed by atoms with Crippen molar-refractivity contribution >= 4 is 23.2 Å². The number of amides is 1. The highest BCUT2D eigenvalue weighted by molar-refractivity contribution is 5.97. The van der Waals surface area contributed by atoms with E-state index in [2.05, 4.69) is 39.3 Å². The maximum atomic E-state index is 13.5. The second-order valence-corrected chi connectivity index (χ2v) is 8.24. The first-order chi connectivity index (χ1) is 13.7. The first-order valence-electron chi connectivity index (χ1n) is 9.91. The van der Waals surface area contributed by atoms with Crippen LogP contribution in [0.2, 0.25) is 0 Å². The maximum absolute atomic E-state index is 13.5. The van der Waals surface area contributed by atoms with Crippen molar-refractivity contribution in [1.82, 2.24) is 24.8 Å². The molecule has 1 atom stereocenters. The number of anilines is 3. The van der Waals surface area contributed by atoms with Crippen LogP contribution in [0, 0.1) is 13.8 Å². The zero-order valence-electron chi connectivity index (χ0n) is 17.2. The van der Waals surface area contributed by atoms with Crippen LogP contribution in [0.5, 0.6) is 0 Å². The quantitative estimate of drug-likeness (QED) is 0.718. The molecular weight excluding hydrogens is 370 g/mol. The van der Waals surface area contributed by atoms with E-state index in [9.17, 15) is 9.59 Å². The molecule has 2 aromatic rings. The van der Waals surface area contributed by atoms with Crippen molar-refractivity contribution < 1.29 is 4.79 Å². The van der Waals surface area contributed by atoms with E-state index in [0.717, 1.165) is 24.9 Å². The van der Waals surface area contributed by atoms with Crippen LogP contribution >= 0.6 is 0 Å². The lowest BCUT2D eigenvalue weighted by Gasteiger charge is -2.43. The number of fused-ring (bicyclic) bond motifs is 2. The van der Waals surface area contributed by atoms with E-state index in [4.69, 9.17) is 5.73 Å². The number of rotatable bonds is 3. The number of carbonyl (C=O) groups is 1. The molecule has 0 aromatic carbocycles. The van der Waals surface area contributed by atoms with Crippen molar-refractivity contribution in [2.75, 3.05) is 24.1 Å². The third-order valence-electron chi connectivity index (χ3n) is 5.99. The standard InChI is InChI=1S/C20H27N7O2/c1-11(2)26-7-5-6-20(9-26)25-18(28)15-12(3)8-14(19(29)27(15)20)24-17-13(4)16(21)22-10-23-17/h8,10-11H,5-7,9H2,1-4H3,(H,25,28)(H3,21,22,23,24). The fraction of sp³-hybridized carbons (Fsp3) is 0.500. The molecule has 1 unspecified atom stereocenters. The molecule has 4 rings (SSSR count). The zero-order chi connectivity index (χ0) is 20.9. The highest BCUT2D eigenvalue weighted by Crippen LogP contribution is 2.34. The van der Waals surface area contributed by atoms with Gasteiger partial charge in [-0.2, -0.15) is 0 Å². The van der Waals surface area contributed by atoms with Gasteiger partial charge in [-0.15, -0.1) is 0 Å². The SMILES string of the molecule is Cc1cc(Nc2ncnc(N)c2C)c(=O)n2c1C(=O)NC21CCCN(C(C)C)C1. The minimum atomic E-state index is -0.728. The number of carbonyl (C=O) groups excluding carboxylic acids is 1. The van der Waals surface area contributed by atoms with Crippen LogP contribution < -0.4 is 21.9 Å². The predicted octanol–water partition coefficient (Wildman–Crippen LogP) is 1.48. The van der Waals surface area contributed by atoms with Crippen LogP contribution in [-0.2, 0) is 5.66 Å².